The first-order chi connectivity index (χ1) is 10.9. The molecule has 0 atom stereocenters. The van der Waals surface area contributed by atoms with Crippen LogP contribution in [0.5, 0.6) is 0 Å². The highest BCUT2D eigenvalue weighted by Gasteiger charge is 2.02. The van der Waals surface area contributed by atoms with E-state index in [0.29, 0.717) is 0 Å². The molecule has 0 spiro atoms. The quantitative estimate of drug-likeness (QED) is 0.365. The Kier molecular flexibility index (Phi) is 15.3. The SMILES string of the molecule is CCCCCCCCCCCC[n+]1cccc(CCCC)c1.[F-]. The lowest BCUT2D eigenvalue weighted by Gasteiger charge is -2.02. The third-order valence-electron chi connectivity index (χ3n) is 4.51. The van der Waals surface area contributed by atoms with Crippen LogP contribution >= 0.6 is 0 Å². The van der Waals surface area contributed by atoms with Crippen LogP contribution in [-0.4, -0.2) is 0 Å². The summed E-state index contributed by atoms with van der Waals surface area (Å²) in [6.07, 6.45) is 22.6. The van der Waals surface area contributed by atoms with Crippen LogP contribution in [-0.2, 0) is 13.0 Å². The molecule has 0 N–H and O–H groups in total. The molecule has 0 radical (unpaired) electrons. The van der Waals surface area contributed by atoms with Crippen LogP contribution in [0.3, 0.4) is 0 Å². The maximum atomic E-state index is 2.38. The lowest BCUT2D eigenvalue weighted by molar-refractivity contribution is -0.697. The van der Waals surface area contributed by atoms with Gasteiger partial charge in [-0.25, -0.2) is 4.57 Å². The molecule has 0 aliphatic heterocycles. The average Bonchev–Trinajstić information content (AvgIpc) is 2.55. The molecule has 1 rings (SSSR count). The molecule has 0 aliphatic carbocycles. The topological polar surface area (TPSA) is 3.88 Å². The highest BCUT2D eigenvalue weighted by Crippen LogP contribution is 2.10. The smallest absolute Gasteiger partial charge is 0.171 e. The van der Waals surface area contributed by atoms with Crippen LogP contribution in [0.1, 0.15) is 96.5 Å². The summed E-state index contributed by atoms with van der Waals surface area (Å²) in [5.74, 6) is 0. The summed E-state index contributed by atoms with van der Waals surface area (Å²) in [5, 5.41) is 0. The Labute approximate surface area is 143 Å². The fourth-order valence-corrected chi connectivity index (χ4v) is 3.03. The molecule has 1 heterocycles. The summed E-state index contributed by atoms with van der Waals surface area (Å²) >= 11 is 0. The first-order valence-corrected chi connectivity index (χ1v) is 9.84. The summed E-state index contributed by atoms with van der Waals surface area (Å²) in [4.78, 5) is 0. The van der Waals surface area contributed by atoms with Crippen molar-refractivity contribution in [3.05, 3.63) is 30.1 Å². The molecule has 2 heteroatoms. The van der Waals surface area contributed by atoms with Gasteiger partial charge >= 0.3 is 0 Å². The highest BCUT2D eigenvalue weighted by atomic mass is 19.0. The van der Waals surface area contributed by atoms with Crippen molar-refractivity contribution in [3.8, 4) is 0 Å². The van der Waals surface area contributed by atoms with E-state index in [9.17, 15) is 0 Å². The van der Waals surface area contributed by atoms with Gasteiger partial charge in [-0.3, -0.25) is 0 Å². The van der Waals surface area contributed by atoms with Gasteiger partial charge in [0.25, 0.3) is 0 Å². The summed E-state index contributed by atoms with van der Waals surface area (Å²) in [5.41, 5.74) is 1.50. The number of pyridine rings is 1. The highest BCUT2D eigenvalue weighted by molar-refractivity contribution is 5.05. The van der Waals surface area contributed by atoms with Gasteiger partial charge in [-0.1, -0.05) is 71.6 Å². The number of aryl methyl sites for hydroxylation is 2. The van der Waals surface area contributed by atoms with Gasteiger partial charge in [0.05, 0.1) is 0 Å². The fraction of sp³-hybridized carbons (Fsp3) is 0.762. The van der Waals surface area contributed by atoms with Crippen LogP contribution in [0.4, 0.5) is 0 Å². The van der Waals surface area contributed by atoms with Crippen LogP contribution in [0, 0.1) is 0 Å². The van der Waals surface area contributed by atoms with E-state index in [1.807, 2.05) is 0 Å². The Bertz CT molecular complexity index is 365. The molecule has 134 valence electrons. The van der Waals surface area contributed by atoms with E-state index in [0.717, 1.165) is 0 Å². The zero-order valence-electron chi connectivity index (χ0n) is 15.5. The molecule has 23 heavy (non-hydrogen) atoms. The molecule has 0 fully saturated rings. The standard InChI is InChI=1S/C21H38N.FH/c1-3-5-7-8-9-10-11-12-13-14-18-22-19-15-17-21(20-22)16-6-4-2;/h15,17,19-20H,3-14,16,18H2,1-2H3;1H/q+1;/p-1. The Morgan fingerprint density at radius 2 is 1.30 bits per heavy atom. The zero-order valence-corrected chi connectivity index (χ0v) is 15.5. The first kappa shape index (κ1) is 22.1. The van der Waals surface area contributed by atoms with E-state index >= 15 is 0 Å². The summed E-state index contributed by atoms with van der Waals surface area (Å²) < 4.78 is 2.38. The second-order valence-electron chi connectivity index (χ2n) is 6.74. The van der Waals surface area contributed by atoms with Crippen molar-refractivity contribution in [3.63, 3.8) is 0 Å². The van der Waals surface area contributed by atoms with E-state index in [4.69, 9.17) is 0 Å². The minimum atomic E-state index is 0. The monoisotopic (exact) mass is 323 g/mol. The second-order valence-corrected chi connectivity index (χ2v) is 6.74. The van der Waals surface area contributed by atoms with E-state index in [-0.39, 0.29) is 4.70 Å². The minimum Gasteiger partial charge on any atom is -1.00 e. The first-order valence-electron chi connectivity index (χ1n) is 9.84. The third kappa shape index (κ3) is 12.2. The number of halogens is 1. The van der Waals surface area contributed by atoms with Gasteiger partial charge in [-0.15, -0.1) is 0 Å². The largest absolute Gasteiger partial charge is 1.00 e. The Hall–Kier alpha value is -0.920. The van der Waals surface area contributed by atoms with Gasteiger partial charge in [0.15, 0.2) is 12.4 Å². The molecule has 0 aromatic carbocycles. The maximum Gasteiger partial charge on any atom is 0.171 e. The van der Waals surface area contributed by atoms with Crippen LogP contribution in [0.15, 0.2) is 24.5 Å². The van der Waals surface area contributed by atoms with E-state index in [1.54, 1.807) is 0 Å². The van der Waals surface area contributed by atoms with E-state index in [2.05, 4.69) is 42.9 Å². The Morgan fingerprint density at radius 1 is 0.739 bits per heavy atom. The van der Waals surface area contributed by atoms with Gasteiger partial charge in [0.2, 0.25) is 0 Å². The predicted molar refractivity (Wildman–Crippen MR) is 97.1 cm³/mol. The van der Waals surface area contributed by atoms with Crippen molar-refractivity contribution < 1.29 is 9.27 Å². The molecule has 1 aromatic rings. The van der Waals surface area contributed by atoms with Gasteiger partial charge in [-0.05, 0) is 25.3 Å². The molecule has 1 aromatic heterocycles. The van der Waals surface area contributed by atoms with E-state index in [1.165, 1.54) is 95.6 Å². The van der Waals surface area contributed by atoms with E-state index < -0.39 is 0 Å². The summed E-state index contributed by atoms with van der Waals surface area (Å²) in [7, 11) is 0. The van der Waals surface area contributed by atoms with Crippen molar-refractivity contribution in [1.82, 2.24) is 0 Å². The molecular formula is C21H38FN. The molecule has 0 bridgehead atoms. The van der Waals surface area contributed by atoms with Crippen molar-refractivity contribution in [2.24, 2.45) is 0 Å². The Balaban J connectivity index is 0.00000484. The van der Waals surface area contributed by atoms with Crippen molar-refractivity contribution in [1.29, 1.82) is 0 Å². The molecule has 0 unspecified atom stereocenters. The van der Waals surface area contributed by atoms with Crippen LogP contribution in [0.25, 0.3) is 0 Å². The lowest BCUT2D eigenvalue weighted by atomic mass is 10.1. The number of hydrogen-bond donors (Lipinski definition) is 0. The van der Waals surface area contributed by atoms with Gasteiger partial charge < -0.3 is 4.70 Å². The number of hydrogen-bond acceptors (Lipinski definition) is 0. The normalized spacial score (nSPS) is 10.5. The van der Waals surface area contributed by atoms with Crippen molar-refractivity contribution >= 4 is 0 Å². The molecule has 0 saturated heterocycles. The van der Waals surface area contributed by atoms with Gasteiger partial charge in [0.1, 0.15) is 6.54 Å². The third-order valence-corrected chi connectivity index (χ3v) is 4.51. The van der Waals surface area contributed by atoms with Gasteiger partial charge in [-0.2, -0.15) is 0 Å². The predicted octanol–water partition coefficient (Wildman–Crippen LogP) is 3.24. The van der Waals surface area contributed by atoms with Gasteiger partial charge in [0, 0.05) is 18.1 Å². The Morgan fingerprint density at radius 3 is 1.91 bits per heavy atom. The molecule has 1 nitrogen and oxygen atoms in total. The number of nitrogens with zero attached hydrogens (tertiary/aromatic N) is 1. The second kappa shape index (κ2) is 16.0. The number of aromatic nitrogens is 1. The molecule has 0 saturated carbocycles. The lowest BCUT2D eigenvalue weighted by Crippen LogP contribution is -3.00. The van der Waals surface area contributed by atoms with Crippen molar-refractivity contribution in [2.75, 3.05) is 0 Å². The average molecular weight is 324 g/mol. The maximum absolute atomic E-state index is 2.38. The molecule has 0 amide bonds. The van der Waals surface area contributed by atoms with Crippen LogP contribution in [0.2, 0.25) is 0 Å². The number of rotatable bonds is 14. The molecule has 0 aliphatic rings. The zero-order chi connectivity index (χ0) is 15.9. The fourth-order valence-electron chi connectivity index (χ4n) is 3.03. The molecular weight excluding hydrogens is 285 g/mol. The van der Waals surface area contributed by atoms with Crippen LogP contribution < -0.4 is 9.27 Å². The number of unbranched alkanes of at least 4 members (excludes halogenated alkanes) is 10. The summed E-state index contributed by atoms with van der Waals surface area (Å²) in [6.45, 7) is 5.74. The minimum absolute atomic E-state index is 0. The summed E-state index contributed by atoms with van der Waals surface area (Å²) in [6, 6.07) is 4.48. The van der Waals surface area contributed by atoms with Crippen molar-refractivity contribution in [2.45, 2.75) is 104 Å².